The zero-order valence-corrected chi connectivity index (χ0v) is 22.1. The molecule has 0 saturated carbocycles. The highest BCUT2D eigenvalue weighted by Crippen LogP contribution is 2.29. The number of halogens is 1. The first-order valence-corrected chi connectivity index (χ1v) is 13.0. The lowest BCUT2D eigenvalue weighted by atomic mass is 10.1. The van der Waals surface area contributed by atoms with Crippen molar-refractivity contribution in [2.24, 2.45) is 0 Å². The van der Waals surface area contributed by atoms with Crippen molar-refractivity contribution in [3.63, 3.8) is 0 Å². The molecule has 0 radical (unpaired) electrons. The number of furan rings is 1. The molecular weight excluding hydrogens is 504 g/mol. The van der Waals surface area contributed by atoms with Crippen molar-refractivity contribution in [1.29, 1.82) is 0 Å². The van der Waals surface area contributed by atoms with E-state index in [2.05, 4.69) is 32.3 Å². The van der Waals surface area contributed by atoms with Gasteiger partial charge in [0.1, 0.15) is 18.1 Å². The van der Waals surface area contributed by atoms with E-state index in [4.69, 9.17) is 20.8 Å². The van der Waals surface area contributed by atoms with Crippen molar-refractivity contribution in [2.45, 2.75) is 45.9 Å². The van der Waals surface area contributed by atoms with E-state index in [1.807, 2.05) is 67.6 Å². The zero-order chi connectivity index (χ0) is 26.5. The van der Waals surface area contributed by atoms with Crippen LogP contribution in [0.15, 0.2) is 76.1 Å². The Labute approximate surface area is 225 Å². The van der Waals surface area contributed by atoms with Gasteiger partial charge >= 0.3 is 0 Å². The molecular formula is C28H29ClN6O3. The lowest BCUT2D eigenvalue weighted by Crippen LogP contribution is -2.32. The van der Waals surface area contributed by atoms with Crippen molar-refractivity contribution in [1.82, 2.24) is 30.1 Å². The number of hydrogen-bond donors (Lipinski definition) is 1. The van der Waals surface area contributed by atoms with Crippen LogP contribution in [0.1, 0.15) is 49.0 Å². The van der Waals surface area contributed by atoms with Crippen LogP contribution in [0.3, 0.4) is 0 Å². The lowest BCUT2D eigenvalue weighted by molar-refractivity contribution is 0.161. The van der Waals surface area contributed by atoms with E-state index in [-0.39, 0.29) is 11.6 Å². The average molecular weight is 533 g/mol. The number of tetrazole rings is 1. The van der Waals surface area contributed by atoms with Gasteiger partial charge in [-0.05, 0) is 71.8 Å². The Bertz CT molecular complexity index is 1560. The smallest absolute Gasteiger partial charge is 0.252 e. The molecule has 196 valence electrons. The highest BCUT2D eigenvalue weighted by Gasteiger charge is 2.27. The summed E-state index contributed by atoms with van der Waals surface area (Å²) in [6, 6.07) is 18.8. The number of pyridine rings is 1. The average Bonchev–Trinajstić information content (AvgIpc) is 3.59. The van der Waals surface area contributed by atoms with Gasteiger partial charge in [-0.3, -0.25) is 9.69 Å². The zero-order valence-electron chi connectivity index (χ0n) is 21.3. The minimum atomic E-state index is -0.193. The summed E-state index contributed by atoms with van der Waals surface area (Å²) >= 11 is 6.56. The van der Waals surface area contributed by atoms with Gasteiger partial charge in [0.05, 0.1) is 18.9 Å². The van der Waals surface area contributed by atoms with E-state index in [0.717, 1.165) is 28.0 Å². The largest absolute Gasteiger partial charge is 0.494 e. The fourth-order valence-corrected chi connectivity index (χ4v) is 4.86. The SMILES string of the molecule is CCOc1ccc2[nH]c(=O)c(CN(Cc3ccccc3Cl)C(CC)c3nnnn3Cc3ccco3)cc2c1. The summed E-state index contributed by atoms with van der Waals surface area (Å²) in [5.74, 6) is 2.20. The molecule has 1 unspecified atom stereocenters. The summed E-state index contributed by atoms with van der Waals surface area (Å²) in [6.45, 7) is 5.86. The van der Waals surface area contributed by atoms with Crippen molar-refractivity contribution in [3.05, 3.63) is 105 Å². The Kier molecular flexibility index (Phi) is 7.86. The first kappa shape index (κ1) is 25.7. The van der Waals surface area contributed by atoms with Gasteiger partial charge in [-0.25, -0.2) is 4.68 Å². The molecule has 0 saturated heterocycles. The van der Waals surface area contributed by atoms with Gasteiger partial charge in [0.2, 0.25) is 0 Å². The molecule has 3 aromatic heterocycles. The fourth-order valence-electron chi connectivity index (χ4n) is 4.66. The van der Waals surface area contributed by atoms with Gasteiger partial charge < -0.3 is 14.1 Å². The Morgan fingerprint density at radius 1 is 1.08 bits per heavy atom. The molecule has 0 aliphatic heterocycles. The minimum Gasteiger partial charge on any atom is -0.494 e. The van der Waals surface area contributed by atoms with Crippen molar-refractivity contribution >= 4 is 22.5 Å². The standard InChI is InChI=1S/C28H29ClN6O3/c1-3-26(27-31-32-33-35(27)18-23-9-7-13-38-23)34(16-19-8-5-6-10-24(19)29)17-21-14-20-15-22(37-4-2)11-12-25(20)30-28(21)36/h5-15,26H,3-4,16-18H2,1-2H3,(H,30,36). The molecule has 0 fully saturated rings. The maximum atomic E-state index is 13.2. The van der Waals surface area contributed by atoms with Crippen LogP contribution < -0.4 is 10.3 Å². The van der Waals surface area contributed by atoms with Crippen LogP contribution in [-0.2, 0) is 19.6 Å². The van der Waals surface area contributed by atoms with Crippen LogP contribution in [0.2, 0.25) is 5.02 Å². The summed E-state index contributed by atoms with van der Waals surface area (Å²) in [6.07, 6.45) is 2.34. The van der Waals surface area contributed by atoms with Crippen molar-refractivity contribution in [2.75, 3.05) is 6.61 Å². The van der Waals surface area contributed by atoms with E-state index < -0.39 is 0 Å². The van der Waals surface area contributed by atoms with Crippen LogP contribution in [0, 0.1) is 0 Å². The Balaban J connectivity index is 1.53. The van der Waals surface area contributed by atoms with Crippen molar-refractivity contribution < 1.29 is 9.15 Å². The molecule has 0 aliphatic carbocycles. The number of nitrogens with one attached hydrogen (secondary N) is 1. The number of aromatic nitrogens is 5. The predicted octanol–water partition coefficient (Wildman–Crippen LogP) is 5.36. The second kappa shape index (κ2) is 11.6. The summed E-state index contributed by atoms with van der Waals surface area (Å²) < 4.78 is 12.9. The van der Waals surface area contributed by atoms with Crippen LogP contribution in [-0.4, -0.2) is 36.7 Å². The summed E-state index contributed by atoms with van der Waals surface area (Å²) in [4.78, 5) is 18.4. The second-order valence-electron chi connectivity index (χ2n) is 9.00. The normalized spacial score (nSPS) is 12.3. The molecule has 10 heteroatoms. The predicted molar refractivity (Wildman–Crippen MR) is 145 cm³/mol. The highest BCUT2D eigenvalue weighted by molar-refractivity contribution is 6.31. The third kappa shape index (κ3) is 5.64. The topological polar surface area (TPSA) is 102 Å². The van der Waals surface area contributed by atoms with Gasteiger partial charge in [-0.15, -0.1) is 5.10 Å². The quantitative estimate of drug-likeness (QED) is 0.244. The van der Waals surface area contributed by atoms with E-state index >= 15 is 0 Å². The van der Waals surface area contributed by atoms with Gasteiger partial charge in [-0.2, -0.15) is 0 Å². The molecule has 9 nitrogen and oxygen atoms in total. The number of ether oxygens (including phenoxy) is 1. The third-order valence-electron chi connectivity index (χ3n) is 6.48. The molecule has 0 bridgehead atoms. The Hall–Kier alpha value is -3.95. The first-order valence-electron chi connectivity index (χ1n) is 12.6. The van der Waals surface area contributed by atoms with E-state index in [0.29, 0.717) is 49.1 Å². The van der Waals surface area contributed by atoms with Crippen LogP contribution >= 0.6 is 11.6 Å². The summed E-state index contributed by atoms with van der Waals surface area (Å²) in [5.41, 5.74) is 2.19. The van der Waals surface area contributed by atoms with Gasteiger partial charge in [-0.1, -0.05) is 36.7 Å². The molecule has 0 amide bonds. The first-order chi connectivity index (χ1) is 18.6. The van der Waals surface area contributed by atoms with Gasteiger partial charge in [0.25, 0.3) is 5.56 Å². The molecule has 1 N–H and O–H groups in total. The molecule has 5 rings (SSSR count). The number of benzene rings is 2. The molecule has 0 spiro atoms. The maximum absolute atomic E-state index is 13.2. The number of rotatable bonds is 11. The van der Waals surface area contributed by atoms with E-state index in [1.54, 1.807) is 10.9 Å². The number of aromatic amines is 1. The lowest BCUT2D eigenvalue weighted by Gasteiger charge is -2.30. The number of fused-ring (bicyclic) bond motifs is 1. The second-order valence-corrected chi connectivity index (χ2v) is 9.41. The third-order valence-corrected chi connectivity index (χ3v) is 6.85. The van der Waals surface area contributed by atoms with Gasteiger partial charge in [0, 0.05) is 34.6 Å². The number of hydrogen-bond acceptors (Lipinski definition) is 7. The molecule has 2 aromatic carbocycles. The number of nitrogens with zero attached hydrogens (tertiary/aromatic N) is 5. The van der Waals surface area contributed by atoms with Crippen LogP contribution in [0.25, 0.3) is 10.9 Å². The molecule has 3 heterocycles. The molecule has 0 aliphatic rings. The fraction of sp³-hybridized carbons (Fsp3) is 0.286. The van der Waals surface area contributed by atoms with Gasteiger partial charge in [0.15, 0.2) is 5.82 Å². The van der Waals surface area contributed by atoms with Crippen molar-refractivity contribution in [3.8, 4) is 5.75 Å². The van der Waals surface area contributed by atoms with E-state index in [1.165, 1.54) is 0 Å². The Morgan fingerprint density at radius 2 is 1.92 bits per heavy atom. The Morgan fingerprint density at radius 3 is 2.68 bits per heavy atom. The monoisotopic (exact) mass is 532 g/mol. The minimum absolute atomic E-state index is 0.143. The van der Waals surface area contributed by atoms with Crippen LogP contribution in [0.5, 0.6) is 5.75 Å². The molecule has 38 heavy (non-hydrogen) atoms. The summed E-state index contributed by atoms with van der Waals surface area (Å²) in [5, 5.41) is 14.1. The van der Waals surface area contributed by atoms with E-state index in [9.17, 15) is 4.79 Å². The number of H-pyrrole nitrogens is 1. The summed E-state index contributed by atoms with van der Waals surface area (Å²) in [7, 11) is 0. The highest BCUT2D eigenvalue weighted by atomic mass is 35.5. The van der Waals surface area contributed by atoms with Crippen LogP contribution in [0.4, 0.5) is 0 Å². The maximum Gasteiger partial charge on any atom is 0.252 e. The molecule has 1 atom stereocenters. The molecule has 5 aromatic rings.